The maximum Gasteiger partial charge on any atom is 0.338 e. The van der Waals surface area contributed by atoms with Gasteiger partial charge < -0.3 is 15.2 Å². The lowest BCUT2D eigenvalue weighted by Crippen LogP contribution is -2.40. The number of methoxy groups -OCH3 is 2. The quantitative estimate of drug-likeness (QED) is 0.800. The smallest absolute Gasteiger partial charge is 0.338 e. The van der Waals surface area contributed by atoms with E-state index in [4.69, 9.17) is 15.2 Å². The average Bonchev–Trinajstić information content (AvgIpc) is 2.95. The molecule has 0 unspecified atom stereocenters. The summed E-state index contributed by atoms with van der Waals surface area (Å²) in [6.07, 6.45) is 0. The molecule has 8 heteroatoms. The van der Waals surface area contributed by atoms with Crippen LogP contribution in [-0.4, -0.2) is 42.2 Å². The third-order valence-corrected chi connectivity index (χ3v) is 5.51. The maximum absolute atomic E-state index is 12.6. The van der Waals surface area contributed by atoms with Crippen LogP contribution in [0, 0.1) is 0 Å². The molecular formula is C18H18N2O5S. The van der Waals surface area contributed by atoms with Crippen molar-refractivity contribution in [2.24, 2.45) is 5.73 Å². The van der Waals surface area contributed by atoms with Crippen LogP contribution in [0.25, 0.3) is 0 Å². The lowest BCUT2D eigenvalue weighted by atomic mass is 9.82. The molecule has 2 N–H and O–H groups in total. The second-order valence-corrected chi connectivity index (χ2v) is 7.11. The summed E-state index contributed by atoms with van der Waals surface area (Å²) in [5, 5.41) is -0.0371. The van der Waals surface area contributed by atoms with Gasteiger partial charge in [0.15, 0.2) is 0 Å². The lowest BCUT2D eigenvalue weighted by molar-refractivity contribution is -0.137. The number of esters is 2. The maximum atomic E-state index is 12.6. The molecule has 1 saturated heterocycles. The fraction of sp³-hybridized carbons (Fsp3) is 0.278. The number of carbonyl (C=O) groups is 3. The highest BCUT2D eigenvalue weighted by molar-refractivity contribution is 8.04. The van der Waals surface area contributed by atoms with Crippen LogP contribution in [0.4, 0.5) is 0 Å². The van der Waals surface area contributed by atoms with Gasteiger partial charge in [-0.2, -0.15) is 0 Å². The van der Waals surface area contributed by atoms with Gasteiger partial charge >= 0.3 is 11.9 Å². The van der Waals surface area contributed by atoms with Gasteiger partial charge in [0.2, 0.25) is 5.91 Å². The summed E-state index contributed by atoms with van der Waals surface area (Å²) in [5.41, 5.74) is 7.14. The Morgan fingerprint density at radius 2 is 1.65 bits per heavy atom. The number of carbonyl (C=O) groups excluding carboxylic acids is 3. The molecule has 0 radical (unpaired) electrons. The molecule has 0 saturated carbocycles. The second kappa shape index (κ2) is 6.87. The van der Waals surface area contributed by atoms with Crippen LogP contribution < -0.4 is 5.73 Å². The molecule has 136 valence electrons. The summed E-state index contributed by atoms with van der Waals surface area (Å²) >= 11 is 1.22. The lowest BCUT2D eigenvalue weighted by Gasteiger charge is -2.32. The minimum Gasteiger partial charge on any atom is -0.466 e. The van der Waals surface area contributed by atoms with Gasteiger partial charge in [-0.3, -0.25) is 9.69 Å². The van der Waals surface area contributed by atoms with Crippen molar-refractivity contribution in [1.82, 2.24) is 4.90 Å². The number of thioether (sulfide) groups is 1. The first-order valence-electron chi connectivity index (χ1n) is 7.88. The highest BCUT2D eigenvalue weighted by Gasteiger charge is 2.48. The van der Waals surface area contributed by atoms with E-state index in [9.17, 15) is 14.4 Å². The van der Waals surface area contributed by atoms with E-state index in [2.05, 4.69) is 0 Å². The fourth-order valence-electron chi connectivity index (χ4n) is 3.13. The average molecular weight is 374 g/mol. The Balaban J connectivity index is 2.32. The molecule has 3 rings (SSSR count). The zero-order valence-electron chi connectivity index (χ0n) is 14.5. The molecule has 1 aromatic carbocycles. The van der Waals surface area contributed by atoms with Gasteiger partial charge in [0, 0.05) is 0 Å². The molecule has 0 aliphatic carbocycles. The molecule has 2 heterocycles. The summed E-state index contributed by atoms with van der Waals surface area (Å²) < 4.78 is 9.84. The van der Waals surface area contributed by atoms with Crippen molar-refractivity contribution in [3.63, 3.8) is 0 Å². The van der Waals surface area contributed by atoms with Crippen molar-refractivity contribution >= 4 is 29.6 Å². The summed E-state index contributed by atoms with van der Waals surface area (Å²) in [7, 11) is 2.48. The summed E-state index contributed by atoms with van der Waals surface area (Å²) in [5.74, 6) is -2.42. The zero-order valence-corrected chi connectivity index (χ0v) is 15.3. The van der Waals surface area contributed by atoms with Crippen molar-refractivity contribution < 1.29 is 23.9 Å². The number of amides is 1. The highest BCUT2D eigenvalue weighted by atomic mass is 32.2. The minimum atomic E-state index is -0.784. The molecule has 1 amide bonds. The molecule has 26 heavy (non-hydrogen) atoms. The van der Waals surface area contributed by atoms with Gasteiger partial charge in [-0.15, -0.1) is 0 Å². The molecule has 2 aliphatic rings. The first-order chi connectivity index (χ1) is 12.4. The highest BCUT2D eigenvalue weighted by Crippen LogP contribution is 2.49. The molecule has 2 atom stereocenters. The van der Waals surface area contributed by atoms with Crippen molar-refractivity contribution in [2.75, 3.05) is 14.2 Å². The second-order valence-electron chi connectivity index (χ2n) is 5.78. The third kappa shape index (κ3) is 2.66. The Labute approximate surface area is 154 Å². The number of ether oxygens (including phenoxy) is 2. The SMILES string of the molecule is COC(=O)C1=C(N)N2C(=O)[C@@H](C)SC2=C(C(=O)OC)[C@@H]1c1ccccc1. The van der Waals surface area contributed by atoms with Gasteiger partial charge in [0.1, 0.15) is 5.82 Å². The largest absolute Gasteiger partial charge is 0.466 e. The van der Waals surface area contributed by atoms with Gasteiger partial charge in [0.25, 0.3) is 0 Å². The predicted molar refractivity (Wildman–Crippen MR) is 95.4 cm³/mol. The van der Waals surface area contributed by atoms with Crippen LogP contribution in [-0.2, 0) is 23.9 Å². The summed E-state index contributed by atoms with van der Waals surface area (Å²) in [4.78, 5) is 38.9. The number of fused-ring (bicyclic) bond motifs is 1. The number of benzene rings is 1. The molecule has 1 aromatic rings. The molecule has 2 aliphatic heterocycles. The van der Waals surface area contributed by atoms with Gasteiger partial charge in [-0.05, 0) is 12.5 Å². The van der Waals surface area contributed by atoms with Crippen LogP contribution in [0.5, 0.6) is 0 Å². The minimum absolute atomic E-state index is 0.0183. The van der Waals surface area contributed by atoms with Gasteiger partial charge in [0.05, 0.1) is 41.6 Å². The van der Waals surface area contributed by atoms with E-state index in [1.165, 1.54) is 30.9 Å². The molecule has 0 spiro atoms. The number of rotatable bonds is 3. The van der Waals surface area contributed by atoms with Crippen molar-refractivity contribution in [3.8, 4) is 0 Å². The number of nitrogens with two attached hydrogens (primary N) is 1. The van der Waals surface area contributed by atoms with E-state index in [1.807, 2.05) is 6.07 Å². The molecule has 7 nitrogen and oxygen atoms in total. The number of hydrogen-bond donors (Lipinski definition) is 1. The van der Waals surface area contributed by atoms with Crippen LogP contribution >= 0.6 is 11.8 Å². The predicted octanol–water partition coefficient (Wildman–Crippen LogP) is 1.48. The van der Waals surface area contributed by atoms with E-state index in [0.29, 0.717) is 10.6 Å². The first kappa shape index (κ1) is 18.1. The van der Waals surface area contributed by atoms with Crippen LogP contribution in [0.1, 0.15) is 18.4 Å². The first-order valence-corrected chi connectivity index (χ1v) is 8.76. The Bertz CT molecular complexity index is 846. The van der Waals surface area contributed by atoms with E-state index < -0.39 is 23.1 Å². The van der Waals surface area contributed by atoms with Gasteiger partial charge in [-0.1, -0.05) is 42.1 Å². The topological polar surface area (TPSA) is 98.9 Å². The monoisotopic (exact) mass is 374 g/mol. The molecular weight excluding hydrogens is 356 g/mol. The van der Waals surface area contributed by atoms with E-state index in [1.54, 1.807) is 31.2 Å². The summed E-state index contributed by atoms with van der Waals surface area (Å²) in [6, 6.07) is 8.98. The van der Waals surface area contributed by atoms with Crippen molar-refractivity contribution in [2.45, 2.75) is 18.1 Å². The fourth-order valence-corrected chi connectivity index (χ4v) is 4.29. The van der Waals surface area contributed by atoms with E-state index in [-0.39, 0.29) is 22.9 Å². The standard InChI is InChI=1S/C18H18N2O5S/c1-9-15(21)20-14(19)12(17(22)24-2)11(10-7-5-4-6-8-10)13(16(20)26-9)18(23)25-3/h4-9,11H,19H2,1-3H3/t9-,11-/m1/s1. The number of hydrogen-bond acceptors (Lipinski definition) is 7. The normalized spacial score (nSPS) is 22.4. The summed E-state index contributed by atoms with van der Waals surface area (Å²) in [6.45, 7) is 1.72. The van der Waals surface area contributed by atoms with Crippen LogP contribution in [0.15, 0.2) is 52.3 Å². The van der Waals surface area contributed by atoms with E-state index >= 15 is 0 Å². The molecule has 0 bridgehead atoms. The van der Waals surface area contributed by atoms with Crippen LogP contribution in [0.2, 0.25) is 0 Å². The Hall–Kier alpha value is -2.74. The van der Waals surface area contributed by atoms with Crippen molar-refractivity contribution in [1.29, 1.82) is 0 Å². The Morgan fingerprint density at radius 1 is 1.08 bits per heavy atom. The number of nitrogens with zero attached hydrogens (tertiary/aromatic N) is 1. The van der Waals surface area contributed by atoms with Crippen LogP contribution in [0.3, 0.4) is 0 Å². The zero-order chi connectivity index (χ0) is 19.0. The molecule has 1 fully saturated rings. The van der Waals surface area contributed by atoms with Gasteiger partial charge in [-0.25, -0.2) is 9.59 Å². The van der Waals surface area contributed by atoms with Crippen molar-refractivity contribution in [3.05, 3.63) is 57.9 Å². The third-order valence-electron chi connectivity index (χ3n) is 4.33. The Morgan fingerprint density at radius 3 is 2.23 bits per heavy atom. The Kier molecular flexibility index (Phi) is 4.78. The van der Waals surface area contributed by atoms with E-state index in [0.717, 1.165) is 0 Å². The molecule has 0 aromatic heterocycles.